The monoisotopic (exact) mass is 363 g/mol. The summed E-state index contributed by atoms with van der Waals surface area (Å²) in [5.41, 5.74) is 6.35. The summed E-state index contributed by atoms with van der Waals surface area (Å²) in [7, 11) is 0. The molecule has 0 saturated carbocycles. The summed E-state index contributed by atoms with van der Waals surface area (Å²) < 4.78 is 5.16. The second kappa shape index (κ2) is 8.51. The molecule has 1 aromatic rings. The maximum Gasteiger partial charge on any atom is 0.310 e. The number of aliphatic hydroxyl groups is 1. The SMILES string of the molecule is CCOC(=O)[C@H]1CCCN(C(C)(C)C(O)c2ccc(/C(N)=N\O)cc2)C1. The summed E-state index contributed by atoms with van der Waals surface area (Å²) >= 11 is 0. The van der Waals surface area contributed by atoms with Gasteiger partial charge in [-0.25, -0.2) is 0 Å². The van der Waals surface area contributed by atoms with E-state index in [0.717, 1.165) is 24.9 Å². The van der Waals surface area contributed by atoms with Crippen molar-refractivity contribution in [3.63, 3.8) is 0 Å². The fourth-order valence-corrected chi connectivity index (χ4v) is 3.43. The molecule has 7 heteroatoms. The van der Waals surface area contributed by atoms with Gasteiger partial charge >= 0.3 is 5.97 Å². The summed E-state index contributed by atoms with van der Waals surface area (Å²) in [5, 5.41) is 22.7. The standard InChI is InChI=1S/C19H29N3O4/c1-4-26-18(24)15-6-5-11-22(12-15)19(2,3)16(23)13-7-9-14(10-8-13)17(20)21-25/h7-10,15-16,23,25H,4-6,11-12H2,1-3H3,(H2,20,21)/t15-,16?/m0/s1. The second-order valence-corrected chi connectivity index (χ2v) is 7.20. The van der Waals surface area contributed by atoms with Crippen LogP contribution in [0.1, 0.15) is 50.8 Å². The largest absolute Gasteiger partial charge is 0.466 e. The smallest absolute Gasteiger partial charge is 0.310 e. The first-order valence-corrected chi connectivity index (χ1v) is 8.98. The summed E-state index contributed by atoms with van der Waals surface area (Å²) in [6, 6.07) is 6.96. The van der Waals surface area contributed by atoms with E-state index in [9.17, 15) is 9.90 Å². The lowest BCUT2D eigenvalue weighted by molar-refractivity contribution is -0.151. The van der Waals surface area contributed by atoms with Gasteiger partial charge in [-0.3, -0.25) is 9.69 Å². The third kappa shape index (κ3) is 4.34. The minimum Gasteiger partial charge on any atom is -0.466 e. The first-order chi connectivity index (χ1) is 12.3. The fourth-order valence-electron chi connectivity index (χ4n) is 3.43. The van der Waals surface area contributed by atoms with Crippen LogP contribution in [0.3, 0.4) is 0 Å². The number of piperidine rings is 1. The number of carbonyl (C=O) groups is 1. The quantitative estimate of drug-likeness (QED) is 0.234. The van der Waals surface area contributed by atoms with Gasteiger partial charge in [0, 0.05) is 17.6 Å². The van der Waals surface area contributed by atoms with Crippen molar-refractivity contribution in [3.8, 4) is 0 Å². The summed E-state index contributed by atoms with van der Waals surface area (Å²) in [5.74, 6) is -0.290. The van der Waals surface area contributed by atoms with Crippen LogP contribution in [-0.2, 0) is 9.53 Å². The number of hydrogen-bond acceptors (Lipinski definition) is 6. The number of oxime groups is 1. The van der Waals surface area contributed by atoms with E-state index >= 15 is 0 Å². The summed E-state index contributed by atoms with van der Waals surface area (Å²) in [6.07, 6.45) is 0.961. The Kier molecular flexibility index (Phi) is 6.61. The van der Waals surface area contributed by atoms with Gasteiger partial charge in [0.25, 0.3) is 0 Å². The van der Waals surface area contributed by atoms with Gasteiger partial charge in [-0.1, -0.05) is 29.4 Å². The van der Waals surface area contributed by atoms with E-state index in [1.54, 1.807) is 24.3 Å². The average Bonchev–Trinajstić information content (AvgIpc) is 2.67. The van der Waals surface area contributed by atoms with Crippen LogP contribution in [0, 0.1) is 5.92 Å². The zero-order chi connectivity index (χ0) is 19.3. The molecule has 0 spiro atoms. The summed E-state index contributed by atoms with van der Waals surface area (Å²) in [4.78, 5) is 14.2. The minimum absolute atomic E-state index is 0.0265. The van der Waals surface area contributed by atoms with Crippen LogP contribution in [0.4, 0.5) is 0 Å². The van der Waals surface area contributed by atoms with Crippen LogP contribution in [0.2, 0.25) is 0 Å². The van der Waals surface area contributed by atoms with Gasteiger partial charge < -0.3 is 20.8 Å². The van der Waals surface area contributed by atoms with Crippen molar-refractivity contribution in [1.29, 1.82) is 0 Å². The molecule has 0 amide bonds. The van der Waals surface area contributed by atoms with E-state index in [-0.39, 0.29) is 17.7 Å². The molecule has 1 fully saturated rings. The molecule has 144 valence electrons. The number of likely N-dealkylation sites (tertiary alicyclic amines) is 1. The Bertz CT molecular complexity index is 643. The highest BCUT2D eigenvalue weighted by molar-refractivity contribution is 5.96. The Hall–Kier alpha value is -2.12. The molecule has 0 radical (unpaired) electrons. The molecule has 1 aliphatic heterocycles. The molecule has 0 aliphatic carbocycles. The first kappa shape index (κ1) is 20.2. The molecule has 1 aromatic carbocycles. The topological polar surface area (TPSA) is 108 Å². The summed E-state index contributed by atoms with van der Waals surface area (Å²) in [6.45, 7) is 7.54. The van der Waals surface area contributed by atoms with Crippen molar-refractivity contribution in [2.24, 2.45) is 16.8 Å². The zero-order valence-corrected chi connectivity index (χ0v) is 15.7. The van der Waals surface area contributed by atoms with Crippen LogP contribution in [-0.4, -0.2) is 52.3 Å². The molecule has 1 unspecified atom stereocenters. The van der Waals surface area contributed by atoms with Crippen molar-refractivity contribution in [3.05, 3.63) is 35.4 Å². The Morgan fingerprint density at radius 1 is 1.42 bits per heavy atom. The molecule has 2 atom stereocenters. The van der Waals surface area contributed by atoms with Crippen LogP contribution in [0.15, 0.2) is 29.4 Å². The highest BCUT2D eigenvalue weighted by Crippen LogP contribution is 2.34. The lowest BCUT2D eigenvalue weighted by Gasteiger charge is -2.45. The number of ether oxygens (including phenoxy) is 1. The highest BCUT2D eigenvalue weighted by atomic mass is 16.5. The maximum atomic E-state index is 12.1. The van der Waals surface area contributed by atoms with Crippen LogP contribution in [0.5, 0.6) is 0 Å². The van der Waals surface area contributed by atoms with E-state index in [2.05, 4.69) is 10.1 Å². The number of nitrogens with zero attached hydrogens (tertiary/aromatic N) is 2. The van der Waals surface area contributed by atoms with Gasteiger partial charge in [0.05, 0.1) is 18.6 Å². The Morgan fingerprint density at radius 2 is 2.08 bits per heavy atom. The average molecular weight is 363 g/mol. The van der Waals surface area contributed by atoms with Crippen molar-refractivity contribution >= 4 is 11.8 Å². The molecule has 1 saturated heterocycles. The molecule has 0 bridgehead atoms. The van der Waals surface area contributed by atoms with Crippen LogP contribution < -0.4 is 5.73 Å². The number of amidine groups is 1. The van der Waals surface area contributed by atoms with Crippen LogP contribution in [0.25, 0.3) is 0 Å². The van der Waals surface area contributed by atoms with Crippen LogP contribution >= 0.6 is 0 Å². The first-order valence-electron chi connectivity index (χ1n) is 8.98. The van der Waals surface area contributed by atoms with Crippen molar-refractivity contribution in [2.45, 2.75) is 45.3 Å². The molecule has 4 N–H and O–H groups in total. The molecular weight excluding hydrogens is 334 g/mol. The predicted molar refractivity (Wildman–Crippen MR) is 98.9 cm³/mol. The van der Waals surface area contributed by atoms with Gasteiger partial charge in [-0.15, -0.1) is 0 Å². The van der Waals surface area contributed by atoms with Crippen molar-refractivity contribution in [1.82, 2.24) is 4.90 Å². The third-order valence-corrected chi connectivity index (χ3v) is 5.16. The third-order valence-electron chi connectivity index (χ3n) is 5.16. The molecule has 26 heavy (non-hydrogen) atoms. The fraction of sp³-hybridized carbons (Fsp3) is 0.579. The van der Waals surface area contributed by atoms with E-state index in [1.165, 1.54) is 0 Å². The van der Waals surface area contributed by atoms with E-state index < -0.39 is 11.6 Å². The number of aliphatic hydroxyl groups excluding tert-OH is 1. The minimum atomic E-state index is -0.746. The Morgan fingerprint density at radius 3 is 2.65 bits per heavy atom. The number of hydrogen-bond donors (Lipinski definition) is 3. The van der Waals surface area contributed by atoms with Gasteiger partial charge in [0.2, 0.25) is 0 Å². The zero-order valence-electron chi connectivity index (χ0n) is 15.7. The van der Waals surface area contributed by atoms with E-state index in [0.29, 0.717) is 18.7 Å². The molecular formula is C19H29N3O4. The van der Waals surface area contributed by atoms with Crippen molar-refractivity contribution < 1.29 is 19.8 Å². The lowest BCUT2D eigenvalue weighted by atomic mass is 9.85. The van der Waals surface area contributed by atoms with Gasteiger partial charge in [-0.05, 0) is 45.7 Å². The number of nitrogens with two attached hydrogens (primary N) is 1. The van der Waals surface area contributed by atoms with Gasteiger partial charge in [0.1, 0.15) is 0 Å². The maximum absolute atomic E-state index is 12.1. The van der Waals surface area contributed by atoms with Gasteiger partial charge in [-0.2, -0.15) is 0 Å². The molecule has 1 heterocycles. The Labute approximate surface area is 154 Å². The number of rotatable bonds is 6. The second-order valence-electron chi connectivity index (χ2n) is 7.20. The van der Waals surface area contributed by atoms with E-state index in [4.69, 9.17) is 15.7 Å². The Balaban J connectivity index is 2.13. The molecule has 7 nitrogen and oxygen atoms in total. The lowest BCUT2D eigenvalue weighted by Crippen LogP contribution is -2.53. The number of carbonyl (C=O) groups excluding carboxylic acids is 1. The molecule has 2 rings (SSSR count). The molecule has 1 aliphatic rings. The van der Waals surface area contributed by atoms with Gasteiger partial charge in [0.15, 0.2) is 5.84 Å². The number of esters is 1. The predicted octanol–water partition coefficient (Wildman–Crippen LogP) is 1.87. The normalized spacial score (nSPS) is 20.6. The highest BCUT2D eigenvalue weighted by Gasteiger charge is 2.39. The van der Waals surface area contributed by atoms with E-state index in [1.807, 2.05) is 20.8 Å². The van der Waals surface area contributed by atoms with Crippen molar-refractivity contribution in [2.75, 3.05) is 19.7 Å². The molecule has 0 aromatic heterocycles. The number of benzene rings is 1.